The number of hydrogen-bond acceptors (Lipinski definition) is 3. The number of rotatable bonds is 5. The van der Waals surface area contributed by atoms with Gasteiger partial charge in [-0.1, -0.05) is 72.8 Å². The Morgan fingerprint density at radius 1 is 0.839 bits per heavy atom. The lowest BCUT2D eigenvalue weighted by molar-refractivity contribution is 0.415. The minimum atomic E-state index is -0.0459. The number of ether oxygens (including phenoxy) is 1. The van der Waals surface area contributed by atoms with Crippen molar-refractivity contribution in [2.75, 3.05) is 7.11 Å². The van der Waals surface area contributed by atoms with E-state index >= 15 is 0 Å². The smallest absolute Gasteiger partial charge is 0.211 e. The number of hydrogen-bond donors (Lipinski definition) is 0. The molecular weight excluding hydrogens is 386 g/mol. The van der Waals surface area contributed by atoms with Crippen LogP contribution in [0.3, 0.4) is 0 Å². The van der Waals surface area contributed by atoms with Crippen LogP contribution in [-0.2, 0) is 6.54 Å². The van der Waals surface area contributed by atoms with Crippen molar-refractivity contribution in [3.63, 3.8) is 0 Å². The van der Waals surface area contributed by atoms with Crippen molar-refractivity contribution in [2.24, 2.45) is 0 Å². The van der Waals surface area contributed by atoms with Gasteiger partial charge in [0.15, 0.2) is 0 Å². The van der Waals surface area contributed by atoms with Gasteiger partial charge in [0.05, 0.1) is 19.0 Å². The van der Waals surface area contributed by atoms with Gasteiger partial charge in [-0.15, -0.1) is 0 Å². The summed E-state index contributed by atoms with van der Waals surface area (Å²) in [5.41, 5.74) is 4.07. The summed E-state index contributed by atoms with van der Waals surface area (Å²) in [4.78, 5) is 13.4. The van der Waals surface area contributed by atoms with E-state index in [2.05, 4.69) is 12.1 Å². The molecule has 0 aliphatic heterocycles. The van der Waals surface area contributed by atoms with Gasteiger partial charge in [0, 0.05) is 17.3 Å². The van der Waals surface area contributed by atoms with Crippen molar-refractivity contribution in [3.05, 3.63) is 113 Å². The zero-order chi connectivity index (χ0) is 21.2. The Bertz CT molecular complexity index is 1380. The third kappa shape index (κ3) is 3.64. The Morgan fingerprint density at radius 2 is 1.52 bits per heavy atom. The number of aromatic nitrogens is 1. The summed E-state index contributed by atoms with van der Waals surface area (Å²) in [5, 5.41) is 0.572. The Balaban J connectivity index is 1.72. The van der Waals surface area contributed by atoms with Crippen molar-refractivity contribution in [2.45, 2.75) is 6.54 Å². The first kappa shape index (κ1) is 18.9. The molecule has 0 spiro atoms. The maximum absolute atomic E-state index is 13.4. The Kier molecular flexibility index (Phi) is 4.89. The molecule has 0 aliphatic carbocycles. The zero-order valence-electron chi connectivity index (χ0n) is 17.1. The first-order chi connectivity index (χ1) is 15.2. The molecule has 0 saturated carbocycles. The SMILES string of the molecule is COc1ccc(-c2cn(Cc3ccccc3)c3oc(-c4ccccc4)cc3c2=O)cc1. The van der Waals surface area contributed by atoms with Crippen LogP contribution in [0.5, 0.6) is 5.75 Å². The molecule has 2 heterocycles. The van der Waals surface area contributed by atoms with E-state index in [-0.39, 0.29) is 5.43 Å². The first-order valence-corrected chi connectivity index (χ1v) is 10.1. The minimum absolute atomic E-state index is 0.0459. The Labute approximate surface area is 180 Å². The molecular formula is C27H21NO3. The van der Waals surface area contributed by atoms with E-state index in [0.717, 1.165) is 22.4 Å². The fourth-order valence-corrected chi connectivity index (χ4v) is 3.79. The second-order valence-electron chi connectivity index (χ2n) is 7.41. The maximum atomic E-state index is 13.4. The predicted octanol–water partition coefficient (Wildman–Crippen LogP) is 5.99. The van der Waals surface area contributed by atoms with Crippen molar-refractivity contribution >= 4 is 11.1 Å². The van der Waals surface area contributed by atoms with Crippen LogP contribution >= 0.6 is 0 Å². The van der Waals surface area contributed by atoms with Crippen LogP contribution in [0.4, 0.5) is 0 Å². The molecule has 2 aromatic heterocycles. The fraction of sp³-hybridized carbons (Fsp3) is 0.0741. The largest absolute Gasteiger partial charge is 0.497 e. The highest BCUT2D eigenvalue weighted by atomic mass is 16.5. The third-order valence-corrected chi connectivity index (χ3v) is 5.40. The molecule has 0 atom stereocenters. The van der Waals surface area contributed by atoms with Gasteiger partial charge in [0.2, 0.25) is 11.1 Å². The predicted molar refractivity (Wildman–Crippen MR) is 123 cm³/mol. The molecule has 0 N–H and O–H groups in total. The molecule has 3 aromatic carbocycles. The first-order valence-electron chi connectivity index (χ1n) is 10.1. The van der Waals surface area contributed by atoms with Crippen LogP contribution in [-0.4, -0.2) is 11.7 Å². The number of benzene rings is 3. The average Bonchev–Trinajstić information content (AvgIpc) is 3.29. The van der Waals surface area contributed by atoms with E-state index < -0.39 is 0 Å². The fourth-order valence-electron chi connectivity index (χ4n) is 3.79. The number of methoxy groups -OCH3 is 1. The molecule has 0 bridgehead atoms. The van der Waals surface area contributed by atoms with Crippen molar-refractivity contribution in [1.29, 1.82) is 0 Å². The molecule has 0 radical (unpaired) electrons. The van der Waals surface area contributed by atoms with E-state index in [0.29, 0.717) is 29.0 Å². The number of nitrogens with zero attached hydrogens (tertiary/aromatic N) is 1. The molecule has 31 heavy (non-hydrogen) atoms. The average molecular weight is 407 g/mol. The van der Waals surface area contributed by atoms with Crippen LogP contribution in [0.2, 0.25) is 0 Å². The zero-order valence-corrected chi connectivity index (χ0v) is 17.1. The standard InChI is InChI=1S/C27H21NO3/c1-30-22-14-12-20(13-15-22)24-18-28(17-19-8-4-2-5-9-19)27-23(26(24)29)16-25(31-27)21-10-6-3-7-11-21/h2-16,18H,17H2,1H3. The van der Waals surface area contributed by atoms with Crippen LogP contribution in [0.15, 0.2) is 106 Å². The molecule has 152 valence electrons. The van der Waals surface area contributed by atoms with Gasteiger partial charge in [-0.25, -0.2) is 0 Å². The summed E-state index contributed by atoms with van der Waals surface area (Å²) in [6, 6.07) is 29.4. The van der Waals surface area contributed by atoms with E-state index in [9.17, 15) is 4.79 Å². The summed E-state index contributed by atoms with van der Waals surface area (Å²) in [7, 11) is 1.63. The molecule has 4 heteroatoms. The van der Waals surface area contributed by atoms with Crippen molar-refractivity contribution in [3.8, 4) is 28.2 Å². The van der Waals surface area contributed by atoms with E-state index in [1.165, 1.54) is 0 Å². The van der Waals surface area contributed by atoms with E-state index in [4.69, 9.17) is 9.15 Å². The lowest BCUT2D eigenvalue weighted by Crippen LogP contribution is -2.11. The van der Waals surface area contributed by atoms with Gasteiger partial charge < -0.3 is 13.7 Å². The van der Waals surface area contributed by atoms with Crippen LogP contribution < -0.4 is 10.2 Å². The van der Waals surface area contributed by atoms with Gasteiger partial charge in [0.25, 0.3) is 0 Å². The second-order valence-corrected chi connectivity index (χ2v) is 7.41. The molecule has 0 unspecified atom stereocenters. The van der Waals surface area contributed by atoms with Gasteiger partial charge in [-0.05, 0) is 29.3 Å². The lowest BCUT2D eigenvalue weighted by Gasteiger charge is -2.11. The highest BCUT2D eigenvalue weighted by Crippen LogP contribution is 2.29. The lowest BCUT2D eigenvalue weighted by atomic mass is 10.1. The van der Waals surface area contributed by atoms with Gasteiger partial charge in [0.1, 0.15) is 11.5 Å². The van der Waals surface area contributed by atoms with E-state index in [1.54, 1.807) is 7.11 Å². The molecule has 0 fully saturated rings. The maximum Gasteiger partial charge on any atom is 0.211 e. The molecule has 0 aliphatic rings. The Morgan fingerprint density at radius 3 is 2.19 bits per heavy atom. The van der Waals surface area contributed by atoms with Crippen molar-refractivity contribution in [1.82, 2.24) is 4.57 Å². The third-order valence-electron chi connectivity index (χ3n) is 5.40. The molecule has 4 nitrogen and oxygen atoms in total. The number of fused-ring (bicyclic) bond motifs is 1. The molecule has 5 rings (SSSR count). The Hall–Kier alpha value is -4.05. The quantitative estimate of drug-likeness (QED) is 0.360. The van der Waals surface area contributed by atoms with Gasteiger partial charge in [-0.2, -0.15) is 0 Å². The highest BCUT2D eigenvalue weighted by molar-refractivity contribution is 5.84. The van der Waals surface area contributed by atoms with Gasteiger partial charge in [-0.3, -0.25) is 4.79 Å². The summed E-state index contributed by atoms with van der Waals surface area (Å²) in [6.45, 7) is 0.600. The second kappa shape index (κ2) is 8.00. The number of pyridine rings is 1. The highest BCUT2D eigenvalue weighted by Gasteiger charge is 2.17. The molecule has 5 aromatic rings. The summed E-state index contributed by atoms with van der Waals surface area (Å²) < 4.78 is 13.5. The van der Waals surface area contributed by atoms with E-state index in [1.807, 2.05) is 89.6 Å². The molecule has 0 saturated heterocycles. The van der Waals surface area contributed by atoms with Crippen molar-refractivity contribution < 1.29 is 9.15 Å². The topological polar surface area (TPSA) is 44.4 Å². The number of furan rings is 1. The summed E-state index contributed by atoms with van der Waals surface area (Å²) in [5.74, 6) is 1.44. The normalized spacial score (nSPS) is 11.0. The summed E-state index contributed by atoms with van der Waals surface area (Å²) in [6.07, 6.45) is 1.89. The van der Waals surface area contributed by atoms with Gasteiger partial charge >= 0.3 is 0 Å². The molecule has 0 amide bonds. The minimum Gasteiger partial charge on any atom is -0.497 e. The monoisotopic (exact) mass is 407 g/mol. The van der Waals surface area contributed by atoms with Crippen LogP contribution in [0.25, 0.3) is 33.6 Å². The summed E-state index contributed by atoms with van der Waals surface area (Å²) >= 11 is 0. The van der Waals surface area contributed by atoms with Crippen LogP contribution in [0.1, 0.15) is 5.56 Å². The van der Waals surface area contributed by atoms with Crippen LogP contribution in [0, 0.1) is 0 Å².